The van der Waals surface area contributed by atoms with Crippen molar-refractivity contribution < 1.29 is 14.3 Å². The number of hydrogen-bond donors (Lipinski definition) is 0. The molecule has 1 saturated carbocycles. The molecule has 0 spiro atoms. The number of carbonyl (C=O) groups is 1. The third-order valence-corrected chi connectivity index (χ3v) is 3.81. The van der Waals surface area contributed by atoms with Crippen molar-refractivity contribution in [2.75, 3.05) is 7.11 Å². The van der Waals surface area contributed by atoms with Gasteiger partial charge in [-0.05, 0) is 60.7 Å². The van der Waals surface area contributed by atoms with Gasteiger partial charge in [-0.25, -0.2) is 0 Å². The molecule has 1 aromatic rings. The molecule has 0 aliphatic heterocycles. The molecule has 0 heterocycles. The van der Waals surface area contributed by atoms with Crippen molar-refractivity contribution in [2.45, 2.75) is 38.7 Å². The van der Waals surface area contributed by atoms with Crippen LogP contribution in [0.25, 0.3) is 0 Å². The molecule has 98 valence electrons. The molecule has 0 bridgehead atoms. The molecule has 3 nitrogen and oxygen atoms in total. The third kappa shape index (κ3) is 2.86. The van der Waals surface area contributed by atoms with Crippen LogP contribution < -0.4 is 9.47 Å². The van der Waals surface area contributed by atoms with Crippen molar-refractivity contribution in [2.24, 2.45) is 0 Å². The molecule has 0 saturated heterocycles. The summed E-state index contributed by atoms with van der Waals surface area (Å²) in [5.74, 6) is 1.33. The zero-order valence-electron chi connectivity index (χ0n) is 10.7. The molecule has 0 atom stereocenters. The predicted octanol–water partition coefficient (Wildman–Crippen LogP) is 3.98. The first-order chi connectivity index (χ1) is 8.61. The quantitative estimate of drug-likeness (QED) is 0.789. The predicted molar refractivity (Wildman–Crippen MR) is 73.6 cm³/mol. The maximum atomic E-state index is 11.4. The highest BCUT2D eigenvalue weighted by molar-refractivity contribution is 9.10. The largest absolute Gasteiger partial charge is 0.493 e. The molecule has 4 heteroatoms. The summed E-state index contributed by atoms with van der Waals surface area (Å²) in [6, 6.07) is 3.52. The Morgan fingerprint density at radius 3 is 2.56 bits per heavy atom. The molecule has 0 aromatic heterocycles. The van der Waals surface area contributed by atoms with Crippen LogP contribution >= 0.6 is 15.9 Å². The van der Waals surface area contributed by atoms with E-state index in [0.29, 0.717) is 17.1 Å². The van der Waals surface area contributed by atoms with Crippen LogP contribution in [-0.4, -0.2) is 19.0 Å². The van der Waals surface area contributed by atoms with E-state index < -0.39 is 0 Å². The third-order valence-electron chi connectivity index (χ3n) is 3.22. The second-order valence-corrected chi connectivity index (χ2v) is 5.42. The topological polar surface area (TPSA) is 35.5 Å². The molecule has 18 heavy (non-hydrogen) atoms. The van der Waals surface area contributed by atoms with E-state index in [4.69, 9.17) is 9.47 Å². The normalized spacial score (nSPS) is 15.7. The van der Waals surface area contributed by atoms with E-state index in [-0.39, 0.29) is 11.9 Å². The van der Waals surface area contributed by atoms with E-state index in [0.717, 1.165) is 17.3 Å². The number of rotatable bonds is 4. The fourth-order valence-electron chi connectivity index (χ4n) is 2.21. The van der Waals surface area contributed by atoms with Crippen LogP contribution in [0.15, 0.2) is 16.6 Å². The number of halogens is 1. The van der Waals surface area contributed by atoms with Crippen molar-refractivity contribution in [1.82, 2.24) is 0 Å². The Labute approximate surface area is 116 Å². The maximum Gasteiger partial charge on any atom is 0.175 e. The van der Waals surface area contributed by atoms with Gasteiger partial charge in [-0.15, -0.1) is 0 Å². The standard InChI is InChI=1S/C14H17BrO3/c1-9(16)10-7-12(15)14(13(8-10)17-2)18-11-5-3-4-6-11/h7-8,11H,3-6H2,1-2H3. The summed E-state index contributed by atoms with van der Waals surface area (Å²) in [6.07, 6.45) is 4.87. The first kappa shape index (κ1) is 13.4. The zero-order chi connectivity index (χ0) is 13.1. The van der Waals surface area contributed by atoms with E-state index >= 15 is 0 Å². The number of benzene rings is 1. The van der Waals surface area contributed by atoms with Gasteiger partial charge in [-0.1, -0.05) is 0 Å². The van der Waals surface area contributed by atoms with Gasteiger partial charge in [-0.3, -0.25) is 4.79 Å². The smallest absolute Gasteiger partial charge is 0.175 e. The fraction of sp³-hybridized carbons (Fsp3) is 0.500. The van der Waals surface area contributed by atoms with Gasteiger partial charge in [0.25, 0.3) is 0 Å². The van der Waals surface area contributed by atoms with Crippen molar-refractivity contribution in [3.63, 3.8) is 0 Å². The van der Waals surface area contributed by atoms with Crippen LogP contribution in [0.2, 0.25) is 0 Å². The van der Waals surface area contributed by atoms with Crippen LogP contribution in [0.5, 0.6) is 11.5 Å². The van der Waals surface area contributed by atoms with Crippen LogP contribution in [0.1, 0.15) is 43.0 Å². The minimum atomic E-state index is 0.0152. The summed E-state index contributed by atoms with van der Waals surface area (Å²) in [7, 11) is 1.59. The van der Waals surface area contributed by atoms with Gasteiger partial charge >= 0.3 is 0 Å². The Kier molecular flexibility index (Phi) is 4.27. The Morgan fingerprint density at radius 2 is 2.00 bits per heavy atom. The molecule has 0 amide bonds. The second kappa shape index (κ2) is 5.74. The molecular weight excluding hydrogens is 296 g/mol. The summed E-state index contributed by atoms with van der Waals surface area (Å²) in [4.78, 5) is 11.4. The number of methoxy groups -OCH3 is 1. The fourth-order valence-corrected chi connectivity index (χ4v) is 2.75. The molecule has 1 aliphatic carbocycles. The van der Waals surface area contributed by atoms with Crippen LogP contribution in [0.4, 0.5) is 0 Å². The highest BCUT2D eigenvalue weighted by atomic mass is 79.9. The summed E-state index contributed by atoms with van der Waals surface area (Å²) in [6.45, 7) is 1.54. The minimum Gasteiger partial charge on any atom is -0.493 e. The number of hydrogen-bond acceptors (Lipinski definition) is 3. The lowest BCUT2D eigenvalue weighted by Crippen LogP contribution is -2.12. The number of ketones is 1. The average Bonchev–Trinajstić information content (AvgIpc) is 2.84. The van der Waals surface area contributed by atoms with Gasteiger partial charge in [-0.2, -0.15) is 0 Å². The number of carbonyl (C=O) groups excluding carboxylic acids is 1. The van der Waals surface area contributed by atoms with Gasteiger partial charge in [0.05, 0.1) is 17.7 Å². The van der Waals surface area contributed by atoms with Gasteiger partial charge in [0.1, 0.15) is 0 Å². The first-order valence-electron chi connectivity index (χ1n) is 6.17. The van der Waals surface area contributed by atoms with E-state index in [1.165, 1.54) is 12.8 Å². The number of ether oxygens (including phenoxy) is 2. The summed E-state index contributed by atoms with van der Waals surface area (Å²) >= 11 is 3.46. The van der Waals surface area contributed by atoms with Crippen LogP contribution in [-0.2, 0) is 0 Å². The highest BCUT2D eigenvalue weighted by Gasteiger charge is 2.21. The van der Waals surface area contributed by atoms with Gasteiger partial charge < -0.3 is 9.47 Å². The molecule has 1 aromatic carbocycles. The van der Waals surface area contributed by atoms with E-state index in [9.17, 15) is 4.79 Å². The molecule has 2 rings (SSSR count). The Balaban J connectivity index is 2.30. The summed E-state index contributed by atoms with van der Waals surface area (Å²) < 4.78 is 12.1. The van der Waals surface area contributed by atoms with Gasteiger partial charge in [0, 0.05) is 5.56 Å². The summed E-state index contributed by atoms with van der Waals surface area (Å²) in [5.41, 5.74) is 0.623. The van der Waals surface area contributed by atoms with E-state index in [1.54, 1.807) is 26.2 Å². The van der Waals surface area contributed by atoms with Gasteiger partial charge in [0.15, 0.2) is 17.3 Å². The van der Waals surface area contributed by atoms with Crippen molar-refractivity contribution >= 4 is 21.7 Å². The molecule has 0 unspecified atom stereocenters. The van der Waals surface area contributed by atoms with Crippen molar-refractivity contribution in [3.05, 3.63) is 22.2 Å². The van der Waals surface area contributed by atoms with Gasteiger partial charge in [0.2, 0.25) is 0 Å². The van der Waals surface area contributed by atoms with Crippen molar-refractivity contribution in [1.29, 1.82) is 0 Å². The molecule has 0 radical (unpaired) electrons. The first-order valence-corrected chi connectivity index (χ1v) is 6.96. The molecule has 1 fully saturated rings. The van der Waals surface area contributed by atoms with E-state index in [1.807, 2.05) is 0 Å². The molecule has 1 aliphatic rings. The summed E-state index contributed by atoms with van der Waals surface area (Å²) in [5, 5.41) is 0. The lowest BCUT2D eigenvalue weighted by atomic mass is 10.1. The average molecular weight is 313 g/mol. The van der Waals surface area contributed by atoms with E-state index in [2.05, 4.69) is 15.9 Å². The Hall–Kier alpha value is -1.03. The highest BCUT2D eigenvalue weighted by Crippen LogP contribution is 2.39. The minimum absolute atomic E-state index is 0.0152. The number of Topliss-reactive ketones (excluding diaryl/α,β-unsaturated/α-hetero) is 1. The lowest BCUT2D eigenvalue weighted by molar-refractivity contribution is 0.101. The second-order valence-electron chi connectivity index (χ2n) is 4.57. The SMILES string of the molecule is COc1cc(C(C)=O)cc(Br)c1OC1CCCC1. The Morgan fingerprint density at radius 1 is 1.33 bits per heavy atom. The van der Waals surface area contributed by atoms with Crippen molar-refractivity contribution in [3.8, 4) is 11.5 Å². The lowest BCUT2D eigenvalue weighted by Gasteiger charge is -2.18. The zero-order valence-corrected chi connectivity index (χ0v) is 12.2. The van der Waals surface area contributed by atoms with Crippen LogP contribution in [0.3, 0.4) is 0 Å². The maximum absolute atomic E-state index is 11.4. The Bertz CT molecular complexity index is 451. The molecule has 0 N–H and O–H groups in total. The monoisotopic (exact) mass is 312 g/mol. The van der Waals surface area contributed by atoms with Crippen LogP contribution in [0, 0.1) is 0 Å². The molecular formula is C14H17BrO3.